The molecule has 2 aromatic rings. The van der Waals surface area contributed by atoms with Gasteiger partial charge >= 0.3 is 0 Å². The van der Waals surface area contributed by atoms with Crippen LogP contribution in [-0.2, 0) is 11.2 Å². The summed E-state index contributed by atoms with van der Waals surface area (Å²) in [5.74, 6) is 0.751. The molecule has 0 bridgehead atoms. The molecule has 1 unspecified atom stereocenters. The molecule has 1 atom stereocenters. The lowest BCUT2D eigenvalue weighted by molar-refractivity contribution is -0.119. The molecule has 0 radical (unpaired) electrons. The summed E-state index contributed by atoms with van der Waals surface area (Å²) >= 11 is 1.49. The normalized spacial score (nSPS) is 11.9. The number of benzene rings is 1. The van der Waals surface area contributed by atoms with E-state index in [9.17, 15) is 4.79 Å². The summed E-state index contributed by atoms with van der Waals surface area (Å²) in [7, 11) is 1.64. The van der Waals surface area contributed by atoms with Gasteiger partial charge in [-0.2, -0.15) is 0 Å². The van der Waals surface area contributed by atoms with E-state index in [1.807, 2.05) is 38.1 Å². The van der Waals surface area contributed by atoms with Gasteiger partial charge in [0.15, 0.2) is 0 Å². The molecule has 20 heavy (non-hydrogen) atoms. The molecule has 2 rings (SSSR count). The zero-order valence-corrected chi connectivity index (χ0v) is 12.7. The number of rotatable bonds is 5. The average Bonchev–Trinajstić information content (AvgIpc) is 2.85. The van der Waals surface area contributed by atoms with Crippen LogP contribution in [0.2, 0.25) is 0 Å². The summed E-state index contributed by atoms with van der Waals surface area (Å²) in [5, 5.41) is 4.65. The minimum Gasteiger partial charge on any atom is -0.497 e. The second kappa shape index (κ2) is 6.52. The standard InChI is InChI=1S/C15H18N2O2S/c1-10(8-12-4-6-13(19-3)7-5-12)15(18)17-14-9-16-11(2)20-14/h4-7,9-10H,8H2,1-3H3,(H,17,18). The molecule has 0 aliphatic carbocycles. The largest absolute Gasteiger partial charge is 0.497 e. The quantitative estimate of drug-likeness (QED) is 0.919. The van der Waals surface area contributed by atoms with Crippen molar-refractivity contribution in [2.45, 2.75) is 20.3 Å². The first-order valence-electron chi connectivity index (χ1n) is 6.44. The fourth-order valence-corrected chi connectivity index (χ4v) is 2.55. The van der Waals surface area contributed by atoms with Crippen molar-refractivity contribution >= 4 is 22.2 Å². The molecule has 0 saturated carbocycles. The van der Waals surface area contributed by atoms with E-state index in [-0.39, 0.29) is 11.8 Å². The highest BCUT2D eigenvalue weighted by atomic mass is 32.1. The Bertz CT molecular complexity index is 578. The predicted molar refractivity (Wildman–Crippen MR) is 81.3 cm³/mol. The number of anilines is 1. The highest BCUT2D eigenvalue weighted by Gasteiger charge is 2.14. The molecule has 0 aliphatic rings. The molecule has 1 aromatic heterocycles. The van der Waals surface area contributed by atoms with Crippen LogP contribution in [-0.4, -0.2) is 18.0 Å². The number of amides is 1. The van der Waals surface area contributed by atoms with Crippen LogP contribution in [0.25, 0.3) is 0 Å². The van der Waals surface area contributed by atoms with E-state index in [1.165, 1.54) is 11.3 Å². The van der Waals surface area contributed by atoms with Crippen LogP contribution in [0.3, 0.4) is 0 Å². The van der Waals surface area contributed by atoms with E-state index in [4.69, 9.17) is 4.74 Å². The molecule has 1 heterocycles. The van der Waals surface area contributed by atoms with E-state index in [1.54, 1.807) is 13.3 Å². The number of hydrogen-bond donors (Lipinski definition) is 1. The molecular formula is C15H18N2O2S. The van der Waals surface area contributed by atoms with Crippen molar-refractivity contribution in [2.75, 3.05) is 12.4 Å². The van der Waals surface area contributed by atoms with E-state index < -0.39 is 0 Å². The van der Waals surface area contributed by atoms with Gasteiger partial charge in [0.2, 0.25) is 5.91 Å². The second-order valence-corrected chi connectivity index (χ2v) is 5.92. The molecule has 5 heteroatoms. The highest BCUT2D eigenvalue weighted by molar-refractivity contribution is 7.15. The van der Waals surface area contributed by atoms with Gasteiger partial charge in [-0.15, -0.1) is 11.3 Å². The minimum absolute atomic E-state index is 0.0180. The maximum atomic E-state index is 12.1. The van der Waals surface area contributed by atoms with Crippen LogP contribution in [0.15, 0.2) is 30.5 Å². The summed E-state index contributed by atoms with van der Waals surface area (Å²) in [4.78, 5) is 16.2. The van der Waals surface area contributed by atoms with Crippen LogP contribution < -0.4 is 10.1 Å². The zero-order valence-electron chi connectivity index (χ0n) is 11.8. The molecule has 1 amide bonds. The SMILES string of the molecule is COc1ccc(CC(C)C(=O)Nc2cnc(C)s2)cc1. The van der Waals surface area contributed by atoms with Crippen LogP contribution in [0.1, 0.15) is 17.5 Å². The number of carbonyl (C=O) groups excluding carboxylic acids is 1. The summed E-state index contributed by atoms with van der Waals surface area (Å²) in [6, 6.07) is 7.79. The van der Waals surface area contributed by atoms with Gasteiger partial charge in [0, 0.05) is 5.92 Å². The average molecular weight is 290 g/mol. The first-order chi connectivity index (χ1) is 9.58. The van der Waals surface area contributed by atoms with Crippen molar-refractivity contribution in [3.05, 3.63) is 41.0 Å². The smallest absolute Gasteiger partial charge is 0.228 e. The molecule has 0 saturated heterocycles. The van der Waals surface area contributed by atoms with Gasteiger partial charge in [-0.05, 0) is 31.0 Å². The Labute approximate surface area is 122 Å². The van der Waals surface area contributed by atoms with Gasteiger partial charge in [-0.25, -0.2) is 4.98 Å². The number of nitrogens with one attached hydrogen (secondary N) is 1. The van der Waals surface area contributed by atoms with Crippen molar-refractivity contribution in [1.82, 2.24) is 4.98 Å². The van der Waals surface area contributed by atoms with Crippen molar-refractivity contribution in [2.24, 2.45) is 5.92 Å². The predicted octanol–water partition coefficient (Wildman–Crippen LogP) is 3.28. The van der Waals surface area contributed by atoms with Crippen molar-refractivity contribution in [1.29, 1.82) is 0 Å². The van der Waals surface area contributed by atoms with Gasteiger partial charge in [-0.3, -0.25) is 4.79 Å². The lowest BCUT2D eigenvalue weighted by Gasteiger charge is -2.11. The molecule has 1 N–H and O–H groups in total. The number of thiazole rings is 1. The fourth-order valence-electron chi connectivity index (χ4n) is 1.87. The van der Waals surface area contributed by atoms with Crippen LogP contribution in [0.5, 0.6) is 5.75 Å². The van der Waals surface area contributed by atoms with Gasteiger partial charge in [0.1, 0.15) is 10.8 Å². The molecule has 0 fully saturated rings. The van der Waals surface area contributed by atoms with Crippen molar-refractivity contribution < 1.29 is 9.53 Å². The molecule has 1 aromatic carbocycles. The number of aryl methyl sites for hydroxylation is 1. The Balaban J connectivity index is 1.92. The number of hydrogen-bond acceptors (Lipinski definition) is 4. The summed E-state index contributed by atoms with van der Waals surface area (Å²) in [6.45, 7) is 3.84. The van der Waals surface area contributed by atoms with Gasteiger partial charge in [-0.1, -0.05) is 19.1 Å². The maximum absolute atomic E-state index is 12.1. The number of aromatic nitrogens is 1. The third-order valence-corrected chi connectivity index (χ3v) is 3.84. The number of carbonyl (C=O) groups is 1. The minimum atomic E-state index is -0.0919. The lowest BCUT2D eigenvalue weighted by Crippen LogP contribution is -2.21. The van der Waals surface area contributed by atoms with Crippen LogP contribution in [0.4, 0.5) is 5.00 Å². The monoisotopic (exact) mass is 290 g/mol. The Morgan fingerprint density at radius 3 is 2.65 bits per heavy atom. The first-order valence-corrected chi connectivity index (χ1v) is 7.26. The summed E-state index contributed by atoms with van der Waals surface area (Å²) in [5.41, 5.74) is 1.12. The molecule has 0 aliphatic heterocycles. The van der Waals surface area contributed by atoms with Crippen molar-refractivity contribution in [3.8, 4) is 5.75 Å². The second-order valence-electron chi connectivity index (χ2n) is 4.69. The van der Waals surface area contributed by atoms with E-state index in [0.29, 0.717) is 6.42 Å². The maximum Gasteiger partial charge on any atom is 0.228 e. The third-order valence-electron chi connectivity index (χ3n) is 3.02. The van der Waals surface area contributed by atoms with Gasteiger partial charge in [0.05, 0.1) is 18.3 Å². The van der Waals surface area contributed by atoms with E-state index in [0.717, 1.165) is 21.3 Å². The molecule has 0 spiro atoms. The third kappa shape index (κ3) is 3.81. The van der Waals surface area contributed by atoms with Gasteiger partial charge < -0.3 is 10.1 Å². The topological polar surface area (TPSA) is 51.2 Å². The summed E-state index contributed by atoms with van der Waals surface area (Å²) < 4.78 is 5.12. The van der Waals surface area contributed by atoms with E-state index >= 15 is 0 Å². The highest BCUT2D eigenvalue weighted by Crippen LogP contribution is 2.20. The summed E-state index contributed by atoms with van der Waals surface area (Å²) in [6.07, 6.45) is 2.39. The molecule has 106 valence electrons. The van der Waals surface area contributed by atoms with Crippen molar-refractivity contribution in [3.63, 3.8) is 0 Å². The number of nitrogens with zero attached hydrogens (tertiary/aromatic N) is 1. The van der Waals surface area contributed by atoms with E-state index in [2.05, 4.69) is 10.3 Å². The Hall–Kier alpha value is -1.88. The Kier molecular flexibility index (Phi) is 4.74. The first kappa shape index (κ1) is 14.5. The molecule has 4 nitrogen and oxygen atoms in total. The van der Waals surface area contributed by atoms with Gasteiger partial charge in [0.25, 0.3) is 0 Å². The molecular weight excluding hydrogens is 272 g/mol. The Morgan fingerprint density at radius 1 is 1.40 bits per heavy atom. The Morgan fingerprint density at radius 2 is 2.10 bits per heavy atom. The lowest BCUT2D eigenvalue weighted by atomic mass is 10.0. The number of ether oxygens (including phenoxy) is 1. The number of methoxy groups -OCH3 is 1. The fraction of sp³-hybridized carbons (Fsp3) is 0.333. The zero-order chi connectivity index (χ0) is 14.5. The van der Waals surface area contributed by atoms with Crippen LogP contribution >= 0.6 is 11.3 Å². The van der Waals surface area contributed by atoms with Crippen LogP contribution in [0, 0.1) is 12.8 Å².